The van der Waals surface area contributed by atoms with Crippen LogP contribution in [0.4, 0.5) is 11.5 Å². The number of hydrogen-bond donors (Lipinski definition) is 1. The van der Waals surface area contributed by atoms with Crippen LogP contribution in [-0.4, -0.2) is 9.91 Å². The molecule has 2 aromatic rings. The first-order chi connectivity index (χ1) is 9.08. The molecule has 0 radical (unpaired) electrons. The molecule has 1 N–H and O–H groups in total. The number of aromatic nitrogens is 1. The summed E-state index contributed by atoms with van der Waals surface area (Å²) in [5, 5.41) is 13.8. The van der Waals surface area contributed by atoms with Gasteiger partial charge < -0.3 is 5.32 Å². The van der Waals surface area contributed by atoms with Gasteiger partial charge in [-0.3, -0.25) is 10.1 Å². The molecule has 1 aromatic heterocycles. The van der Waals surface area contributed by atoms with E-state index in [1.165, 1.54) is 23.4 Å². The number of nitro groups is 1. The molecule has 2 rings (SSSR count). The molecule has 0 fully saturated rings. The zero-order chi connectivity index (χ0) is 13.8. The molecule has 0 aliphatic heterocycles. The lowest BCUT2D eigenvalue weighted by Crippen LogP contribution is -2.09. The minimum Gasteiger partial charge on any atom is -0.364 e. The van der Waals surface area contributed by atoms with Crippen molar-refractivity contribution in [1.82, 2.24) is 4.98 Å². The van der Waals surface area contributed by atoms with Crippen LogP contribution < -0.4 is 5.32 Å². The Morgan fingerprint density at radius 2 is 2.00 bits per heavy atom. The summed E-state index contributed by atoms with van der Waals surface area (Å²) in [6, 6.07) is 11.2. The maximum absolute atomic E-state index is 10.5. The standard InChI is InChI=1S/C14H15N3O2/c1-10-5-3-4-6-13(10)11(2)16-14-8-7-12(9-15-14)17(18)19/h3-9,11H,1-2H3,(H,15,16)/t11-/m0/s1. The highest BCUT2D eigenvalue weighted by molar-refractivity contribution is 5.43. The number of pyridine rings is 1. The lowest BCUT2D eigenvalue weighted by molar-refractivity contribution is -0.385. The minimum absolute atomic E-state index is 0.00547. The zero-order valence-electron chi connectivity index (χ0n) is 10.8. The third-order valence-electron chi connectivity index (χ3n) is 2.98. The first-order valence-corrected chi connectivity index (χ1v) is 6.00. The summed E-state index contributed by atoms with van der Waals surface area (Å²) < 4.78 is 0. The van der Waals surface area contributed by atoms with Gasteiger partial charge in [-0.1, -0.05) is 24.3 Å². The molecule has 5 heteroatoms. The van der Waals surface area contributed by atoms with Crippen molar-refractivity contribution in [3.8, 4) is 0 Å². The molecule has 0 saturated heterocycles. The van der Waals surface area contributed by atoms with E-state index in [0.717, 1.165) is 0 Å². The van der Waals surface area contributed by atoms with Gasteiger partial charge in [0.05, 0.1) is 11.0 Å². The molecule has 0 aliphatic rings. The summed E-state index contributed by atoms with van der Waals surface area (Å²) in [7, 11) is 0. The van der Waals surface area contributed by atoms with Gasteiger partial charge in [0.2, 0.25) is 0 Å². The van der Waals surface area contributed by atoms with Crippen LogP contribution in [0.25, 0.3) is 0 Å². The molecule has 0 spiro atoms. The van der Waals surface area contributed by atoms with E-state index >= 15 is 0 Å². The van der Waals surface area contributed by atoms with Gasteiger partial charge >= 0.3 is 0 Å². The largest absolute Gasteiger partial charge is 0.364 e. The maximum atomic E-state index is 10.5. The van der Waals surface area contributed by atoms with Crippen LogP contribution >= 0.6 is 0 Å². The average molecular weight is 257 g/mol. The number of nitrogens with zero attached hydrogens (tertiary/aromatic N) is 2. The number of nitrogens with one attached hydrogen (secondary N) is 1. The first kappa shape index (κ1) is 13.0. The Balaban J connectivity index is 2.13. The van der Waals surface area contributed by atoms with Gasteiger partial charge in [-0.15, -0.1) is 0 Å². The summed E-state index contributed by atoms with van der Waals surface area (Å²) >= 11 is 0. The summed E-state index contributed by atoms with van der Waals surface area (Å²) in [5.41, 5.74) is 2.38. The van der Waals surface area contributed by atoms with Gasteiger partial charge in [0.25, 0.3) is 5.69 Å². The Morgan fingerprint density at radius 3 is 2.58 bits per heavy atom. The smallest absolute Gasteiger partial charge is 0.287 e. The van der Waals surface area contributed by atoms with Crippen LogP contribution in [0.1, 0.15) is 24.1 Å². The highest BCUT2D eigenvalue weighted by atomic mass is 16.6. The second-order valence-corrected chi connectivity index (χ2v) is 4.38. The van der Waals surface area contributed by atoms with Crippen LogP contribution in [-0.2, 0) is 0 Å². The summed E-state index contributed by atoms with van der Waals surface area (Å²) in [6.45, 7) is 4.09. The fourth-order valence-electron chi connectivity index (χ4n) is 1.95. The zero-order valence-corrected chi connectivity index (χ0v) is 10.8. The van der Waals surface area contributed by atoms with Crippen LogP contribution in [0.3, 0.4) is 0 Å². The summed E-state index contributed by atoms with van der Waals surface area (Å²) in [5.74, 6) is 0.626. The van der Waals surface area contributed by atoms with Crippen molar-refractivity contribution in [2.45, 2.75) is 19.9 Å². The topological polar surface area (TPSA) is 68.1 Å². The predicted octanol–water partition coefficient (Wildman–Crippen LogP) is 3.47. The Bertz CT molecular complexity index is 581. The van der Waals surface area contributed by atoms with E-state index in [4.69, 9.17) is 0 Å². The van der Waals surface area contributed by atoms with Crippen LogP contribution in [0.5, 0.6) is 0 Å². The van der Waals surface area contributed by atoms with Crippen molar-refractivity contribution in [2.24, 2.45) is 0 Å². The van der Waals surface area contributed by atoms with E-state index in [9.17, 15) is 10.1 Å². The number of aryl methyl sites for hydroxylation is 1. The Morgan fingerprint density at radius 1 is 1.26 bits per heavy atom. The molecule has 98 valence electrons. The van der Waals surface area contributed by atoms with Gasteiger partial charge in [-0.05, 0) is 31.0 Å². The molecule has 0 saturated carbocycles. The molecule has 19 heavy (non-hydrogen) atoms. The molecular weight excluding hydrogens is 242 g/mol. The summed E-state index contributed by atoms with van der Waals surface area (Å²) in [4.78, 5) is 14.1. The van der Waals surface area contributed by atoms with Crippen molar-refractivity contribution in [3.05, 3.63) is 63.8 Å². The van der Waals surface area contributed by atoms with E-state index in [-0.39, 0.29) is 11.7 Å². The van der Waals surface area contributed by atoms with Gasteiger partial charge in [0.1, 0.15) is 12.0 Å². The van der Waals surface area contributed by atoms with Crippen LogP contribution in [0, 0.1) is 17.0 Å². The highest BCUT2D eigenvalue weighted by Gasteiger charge is 2.10. The van der Waals surface area contributed by atoms with Crippen molar-refractivity contribution in [1.29, 1.82) is 0 Å². The fraction of sp³-hybridized carbons (Fsp3) is 0.214. The number of benzene rings is 1. The lowest BCUT2D eigenvalue weighted by atomic mass is 10.0. The van der Waals surface area contributed by atoms with Crippen molar-refractivity contribution in [3.63, 3.8) is 0 Å². The van der Waals surface area contributed by atoms with E-state index < -0.39 is 4.92 Å². The Kier molecular flexibility index (Phi) is 3.75. The van der Waals surface area contributed by atoms with Gasteiger partial charge in [0.15, 0.2) is 0 Å². The van der Waals surface area contributed by atoms with Gasteiger partial charge in [-0.25, -0.2) is 4.98 Å². The second-order valence-electron chi connectivity index (χ2n) is 4.38. The van der Waals surface area contributed by atoms with E-state index in [1.54, 1.807) is 6.07 Å². The van der Waals surface area contributed by atoms with Crippen LogP contribution in [0.15, 0.2) is 42.6 Å². The quantitative estimate of drug-likeness (QED) is 0.672. The lowest BCUT2D eigenvalue weighted by Gasteiger charge is -2.16. The average Bonchev–Trinajstić information content (AvgIpc) is 2.39. The normalized spacial score (nSPS) is 11.9. The molecule has 1 atom stereocenters. The third-order valence-corrected chi connectivity index (χ3v) is 2.98. The van der Waals surface area contributed by atoms with E-state index in [0.29, 0.717) is 5.82 Å². The molecule has 1 aromatic carbocycles. The molecule has 0 aliphatic carbocycles. The molecule has 1 heterocycles. The summed E-state index contributed by atoms with van der Waals surface area (Å²) in [6.07, 6.45) is 1.26. The van der Waals surface area contributed by atoms with Crippen LogP contribution in [0.2, 0.25) is 0 Å². The Labute approximate surface area is 111 Å². The molecule has 0 amide bonds. The van der Waals surface area contributed by atoms with Crippen molar-refractivity contribution >= 4 is 11.5 Å². The number of anilines is 1. The van der Waals surface area contributed by atoms with E-state index in [2.05, 4.69) is 29.4 Å². The molecule has 5 nitrogen and oxygen atoms in total. The predicted molar refractivity (Wildman–Crippen MR) is 74.1 cm³/mol. The third kappa shape index (κ3) is 3.07. The minimum atomic E-state index is -0.457. The van der Waals surface area contributed by atoms with E-state index in [1.807, 2.05) is 19.1 Å². The van der Waals surface area contributed by atoms with Crippen molar-refractivity contribution in [2.75, 3.05) is 5.32 Å². The molecule has 0 unspecified atom stereocenters. The van der Waals surface area contributed by atoms with Gasteiger partial charge in [0, 0.05) is 6.07 Å². The molecule has 0 bridgehead atoms. The molecular formula is C14H15N3O2. The Hall–Kier alpha value is -2.43. The maximum Gasteiger partial charge on any atom is 0.287 e. The fourth-order valence-corrected chi connectivity index (χ4v) is 1.95. The first-order valence-electron chi connectivity index (χ1n) is 6.00. The monoisotopic (exact) mass is 257 g/mol. The number of rotatable bonds is 4. The highest BCUT2D eigenvalue weighted by Crippen LogP contribution is 2.21. The number of hydrogen-bond acceptors (Lipinski definition) is 4. The second kappa shape index (κ2) is 5.48. The van der Waals surface area contributed by atoms with Crippen molar-refractivity contribution < 1.29 is 4.92 Å². The SMILES string of the molecule is Cc1ccccc1[C@H](C)Nc1ccc([N+](=O)[O-])cn1. The van der Waals surface area contributed by atoms with Gasteiger partial charge in [-0.2, -0.15) is 0 Å².